The average Bonchev–Trinajstić information content (AvgIpc) is 2.79. The third kappa shape index (κ3) is 8.49. The van der Waals surface area contributed by atoms with E-state index in [1.807, 2.05) is 36.4 Å². The molecule has 8 nitrogen and oxygen atoms in total. The van der Waals surface area contributed by atoms with Crippen molar-refractivity contribution in [2.75, 3.05) is 6.54 Å². The Balaban J connectivity index is 2.03. The van der Waals surface area contributed by atoms with Gasteiger partial charge in [-0.25, -0.2) is 4.79 Å². The summed E-state index contributed by atoms with van der Waals surface area (Å²) in [6.45, 7) is 0.460. The van der Waals surface area contributed by atoms with E-state index in [9.17, 15) is 19.5 Å². The third-order valence-electron chi connectivity index (χ3n) is 5.11. The zero-order valence-electron chi connectivity index (χ0n) is 18.1. The summed E-state index contributed by atoms with van der Waals surface area (Å²) in [6.07, 6.45) is 2.10. The van der Waals surface area contributed by atoms with Crippen molar-refractivity contribution in [3.8, 4) is 0 Å². The van der Waals surface area contributed by atoms with E-state index in [0.717, 1.165) is 11.1 Å². The Morgan fingerprint density at radius 2 is 1.31 bits per heavy atom. The van der Waals surface area contributed by atoms with E-state index in [1.54, 1.807) is 24.3 Å². The molecular formula is C24H32N4O4. The molecule has 8 heteroatoms. The van der Waals surface area contributed by atoms with Gasteiger partial charge >= 0.3 is 5.97 Å². The minimum atomic E-state index is -1.14. The van der Waals surface area contributed by atoms with Crippen LogP contribution >= 0.6 is 0 Å². The molecule has 3 atom stereocenters. The molecule has 2 rings (SSSR count). The molecule has 0 fully saturated rings. The largest absolute Gasteiger partial charge is 0.480 e. The van der Waals surface area contributed by atoms with Gasteiger partial charge in [0.25, 0.3) is 0 Å². The lowest BCUT2D eigenvalue weighted by Crippen LogP contribution is -2.55. The minimum Gasteiger partial charge on any atom is -0.480 e. The van der Waals surface area contributed by atoms with Crippen LogP contribution in [0.5, 0.6) is 0 Å². The number of benzene rings is 2. The van der Waals surface area contributed by atoms with E-state index < -0.39 is 35.9 Å². The Morgan fingerprint density at radius 3 is 1.84 bits per heavy atom. The van der Waals surface area contributed by atoms with Crippen molar-refractivity contribution in [1.29, 1.82) is 0 Å². The number of amides is 2. The Kier molecular flexibility index (Phi) is 10.4. The highest BCUT2D eigenvalue weighted by atomic mass is 16.4. The molecule has 0 heterocycles. The van der Waals surface area contributed by atoms with Gasteiger partial charge in [-0.1, -0.05) is 60.7 Å². The Bertz CT molecular complexity index is 861. The number of nitrogens with two attached hydrogens (primary N) is 2. The van der Waals surface area contributed by atoms with Gasteiger partial charge in [0.15, 0.2) is 0 Å². The Hall–Kier alpha value is -3.23. The van der Waals surface area contributed by atoms with Gasteiger partial charge in [0.05, 0.1) is 6.04 Å². The molecule has 3 unspecified atom stereocenters. The molecule has 0 radical (unpaired) electrons. The van der Waals surface area contributed by atoms with Gasteiger partial charge in [0.2, 0.25) is 11.8 Å². The second-order valence-electron chi connectivity index (χ2n) is 7.73. The highest BCUT2D eigenvalue weighted by Crippen LogP contribution is 2.07. The van der Waals surface area contributed by atoms with E-state index in [2.05, 4.69) is 10.6 Å². The van der Waals surface area contributed by atoms with Gasteiger partial charge in [-0.15, -0.1) is 0 Å². The normalized spacial score (nSPS) is 13.6. The maximum absolute atomic E-state index is 12.9. The van der Waals surface area contributed by atoms with Crippen molar-refractivity contribution in [1.82, 2.24) is 10.6 Å². The molecular weight excluding hydrogens is 408 g/mol. The summed E-state index contributed by atoms with van der Waals surface area (Å²) in [6, 6.07) is 15.5. The van der Waals surface area contributed by atoms with Crippen LogP contribution in [0.4, 0.5) is 0 Å². The number of carbonyl (C=O) groups is 3. The fraction of sp³-hybridized carbons (Fsp3) is 0.375. The molecule has 7 N–H and O–H groups in total. The predicted molar refractivity (Wildman–Crippen MR) is 123 cm³/mol. The van der Waals surface area contributed by atoms with Crippen molar-refractivity contribution in [2.45, 2.75) is 50.2 Å². The summed E-state index contributed by atoms with van der Waals surface area (Å²) in [5.74, 6) is -2.16. The molecule has 0 spiro atoms. The summed E-state index contributed by atoms with van der Waals surface area (Å²) < 4.78 is 0. The molecule has 0 aliphatic carbocycles. The first kappa shape index (κ1) is 25.0. The number of nitrogens with one attached hydrogen (secondary N) is 2. The topological polar surface area (TPSA) is 148 Å². The predicted octanol–water partition coefficient (Wildman–Crippen LogP) is 0.982. The van der Waals surface area contributed by atoms with Crippen molar-refractivity contribution in [3.63, 3.8) is 0 Å². The fourth-order valence-electron chi connectivity index (χ4n) is 3.32. The lowest BCUT2D eigenvalue weighted by molar-refractivity contribution is -0.142. The van der Waals surface area contributed by atoms with Crippen LogP contribution < -0.4 is 22.1 Å². The third-order valence-corrected chi connectivity index (χ3v) is 5.11. The number of aliphatic carboxylic acids is 1. The lowest BCUT2D eigenvalue weighted by atomic mass is 10.0. The molecule has 172 valence electrons. The van der Waals surface area contributed by atoms with E-state index in [-0.39, 0.29) is 6.42 Å². The van der Waals surface area contributed by atoms with Crippen LogP contribution in [0.1, 0.15) is 30.4 Å². The van der Waals surface area contributed by atoms with Gasteiger partial charge < -0.3 is 27.2 Å². The van der Waals surface area contributed by atoms with E-state index >= 15 is 0 Å². The highest BCUT2D eigenvalue weighted by Gasteiger charge is 2.28. The molecule has 0 bridgehead atoms. The van der Waals surface area contributed by atoms with Crippen molar-refractivity contribution >= 4 is 17.8 Å². The summed E-state index contributed by atoms with van der Waals surface area (Å²) >= 11 is 0. The van der Waals surface area contributed by atoms with Crippen LogP contribution in [0.3, 0.4) is 0 Å². The van der Waals surface area contributed by atoms with Gasteiger partial charge in [0, 0.05) is 6.42 Å². The summed E-state index contributed by atoms with van der Waals surface area (Å²) in [4.78, 5) is 37.3. The van der Waals surface area contributed by atoms with Gasteiger partial charge in [-0.2, -0.15) is 0 Å². The molecule has 0 aliphatic heterocycles. The first-order valence-corrected chi connectivity index (χ1v) is 10.8. The lowest BCUT2D eigenvalue weighted by Gasteiger charge is -2.23. The zero-order chi connectivity index (χ0) is 23.3. The standard InChI is InChI=1S/C24H32N4O4/c25-14-8-7-13-20(27-22(29)19(26)15-17-9-3-1-4-10-17)23(30)28-21(24(31)32)16-18-11-5-2-6-12-18/h1-6,9-12,19-21H,7-8,13-16,25-26H2,(H,27,29)(H,28,30)(H,31,32). The number of rotatable bonds is 13. The average molecular weight is 441 g/mol. The number of carboxylic acid groups (broad SMARTS) is 1. The fourth-order valence-corrected chi connectivity index (χ4v) is 3.32. The first-order valence-electron chi connectivity index (χ1n) is 10.8. The number of hydrogen-bond donors (Lipinski definition) is 5. The molecule has 32 heavy (non-hydrogen) atoms. The van der Waals surface area contributed by atoms with Crippen LogP contribution in [0.25, 0.3) is 0 Å². The SMILES string of the molecule is NCCCCC(NC(=O)C(N)Cc1ccccc1)C(=O)NC(Cc1ccccc1)C(=O)O. The van der Waals surface area contributed by atoms with Gasteiger partial charge in [-0.3, -0.25) is 9.59 Å². The van der Waals surface area contributed by atoms with E-state index in [0.29, 0.717) is 32.2 Å². The Morgan fingerprint density at radius 1 is 0.781 bits per heavy atom. The van der Waals surface area contributed by atoms with Crippen LogP contribution in [0.15, 0.2) is 60.7 Å². The quantitative estimate of drug-likeness (QED) is 0.293. The maximum Gasteiger partial charge on any atom is 0.326 e. The molecule has 2 aromatic carbocycles. The molecule has 0 saturated heterocycles. The van der Waals surface area contributed by atoms with Crippen molar-refractivity contribution in [3.05, 3.63) is 71.8 Å². The second kappa shape index (κ2) is 13.2. The Labute approximate surface area is 188 Å². The molecule has 2 amide bonds. The minimum absolute atomic E-state index is 0.138. The van der Waals surface area contributed by atoms with E-state index in [1.165, 1.54) is 0 Å². The monoisotopic (exact) mass is 440 g/mol. The zero-order valence-corrected chi connectivity index (χ0v) is 18.1. The van der Waals surface area contributed by atoms with Crippen LogP contribution in [-0.2, 0) is 27.2 Å². The molecule has 0 aliphatic rings. The van der Waals surface area contributed by atoms with Gasteiger partial charge in [-0.05, 0) is 43.4 Å². The maximum atomic E-state index is 12.9. The van der Waals surface area contributed by atoms with Crippen LogP contribution in [0, 0.1) is 0 Å². The summed E-state index contributed by atoms with van der Waals surface area (Å²) in [7, 11) is 0. The summed E-state index contributed by atoms with van der Waals surface area (Å²) in [5, 5.41) is 14.8. The number of carbonyl (C=O) groups excluding carboxylic acids is 2. The number of hydrogen-bond acceptors (Lipinski definition) is 5. The van der Waals surface area contributed by atoms with Crippen LogP contribution in [0.2, 0.25) is 0 Å². The van der Waals surface area contributed by atoms with Crippen LogP contribution in [-0.4, -0.2) is 47.6 Å². The number of unbranched alkanes of at least 4 members (excludes halogenated alkanes) is 1. The van der Waals surface area contributed by atoms with Gasteiger partial charge in [0.1, 0.15) is 12.1 Å². The smallest absolute Gasteiger partial charge is 0.326 e. The molecule has 0 saturated carbocycles. The first-order chi connectivity index (χ1) is 15.4. The molecule has 0 aromatic heterocycles. The number of carboxylic acids is 1. The highest BCUT2D eigenvalue weighted by molar-refractivity contribution is 5.91. The van der Waals surface area contributed by atoms with Crippen molar-refractivity contribution < 1.29 is 19.5 Å². The second-order valence-corrected chi connectivity index (χ2v) is 7.73. The van der Waals surface area contributed by atoms with Crippen molar-refractivity contribution in [2.24, 2.45) is 11.5 Å². The van der Waals surface area contributed by atoms with E-state index in [4.69, 9.17) is 11.5 Å². The summed E-state index contributed by atoms with van der Waals surface area (Å²) in [5.41, 5.74) is 13.3. The molecule has 2 aromatic rings.